The van der Waals surface area contributed by atoms with E-state index in [0.29, 0.717) is 30.2 Å². The Hall–Kier alpha value is -2.00. The molecule has 2 aromatic rings. The molecule has 2 rings (SSSR count). The van der Waals surface area contributed by atoms with Gasteiger partial charge in [0.25, 0.3) is 0 Å². The van der Waals surface area contributed by atoms with Gasteiger partial charge in [0.05, 0.1) is 11.3 Å². The first kappa shape index (κ1) is 14.4. The highest BCUT2D eigenvalue weighted by Crippen LogP contribution is 2.27. The van der Waals surface area contributed by atoms with Gasteiger partial charge in [0.1, 0.15) is 6.07 Å². The number of nitrogens with zero attached hydrogens (tertiary/aromatic N) is 3. The van der Waals surface area contributed by atoms with E-state index in [1.807, 2.05) is 18.2 Å². The van der Waals surface area contributed by atoms with Gasteiger partial charge >= 0.3 is 0 Å². The van der Waals surface area contributed by atoms with E-state index < -0.39 is 0 Å². The summed E-state index contributed by atoms with van der Waals surface area (Å²) in [5, 5.41) is 16.3. The summed E-state index contributed by atoms with van der Waals surface area (Å²) in [6, 6.07) is 8.11. The summed E-state index contributed by atoms with van der Waals surface area (Å²) in [5.74, 6) is 2.19. The number of nitriles is 1. The van der Waals surface area contributed by atoms with Gasteiger partial charge in [-0.25, -0.2) is 0 Å². The SMILES string of the molecule is CCSc1cccc(NCCc2nc(C)no2)c1C#N. The van der Waals surface area contributed by atoms with Gasteiger partial charge in [0, 0.05) is 17.9 Å². The second-order valence-electron chi connectivity index (χ2n) is 4.14. The predicted octanol–water partition coefficient (Wildman–Crippen LogP) is 3.02. The van der Waals surface area contributed by atoms with Crippen molar-refractivity contribution in [3.63, 3.8) is 0 Å². The Morgan fingerprint density at radius 1 is 1.45 bits per heavy atom. The molecule has 1 N–H and O–H groups in total. The van der Waals surface area contributed by atoms with Crippen LogP contribution in [0.1, 0.15) is 24.2 Å². The van der Waals surface area contributed by atoms with E-state index in [9.17, 15) is 5.26 Å². The monoisotopic (exact) mass is 288 g/mol. The first-order valence-corrected chi connectivity index (χ1v) is 7.42. The zero-order chi connectivity index (χ0) is 14.4. The Morgan fingerprint density at radius 3 is 2.95 bits per heavy atom. The highest BCUT2D eigenvalue weighted by atomic mass is 32.2. The smallest absolute Gasteiger partial charge is 0.228 e. The summed E-state index contributed by atoms with van der Waals surface area (Å²) in [7, 11) is 0. The molecule has 0 unspecified atom stereocenters. The molecular formula is C14H16N4OS. The molecule has 5 nitrogen and oxygen atoms in total. The van der Waals surface area contributed by atoms with Crippen LogP contribution in [0.4, 0.5) is 5.69 Å². The van der Waals surface area contributed by atoms with Gasteiger partial charge < -0.3 is 9.84 Å². The summed E-state index contributed by atoms with van der Waals surface area (Å²) in [4.78, 5) is 5.15. The molecule has 0 spiro atoms. The number of aromatic nitrogens is 2. The molecule has 0 saturated heterocycles. The number of aryl methyl sites for hydroxylation is 1. The number of anilines is 1. The zero-order valence-corrected chi connectivity index (χ0v) is 12.3. The van der Waals surface area contributed by atoms with E-state index in [4.69, 9.17) is 4.52 Å². The van der Waals surface area contributed by atoms with Crippen LogP contribution >= 0.6 is 11.8 Å². The number of nitrogens with one attached hydrogen (secondary N) is 1. The summed E-state index contributed by atoms with van der Waals surface area (Å²) in [6.45, 7) is 4.51. The van der Waals surface area contributed by atoms with Crippen LogP contribution in [-0.2, 0) is 6.42 Å². The molecule has 1 aromatic carbocycles. The number of hydrogen-bond donors (Lipinski definition) is 1. The fourth-order valence-corrected chi connectivity index (χ4v) is 2.60. The Morgan fingerprint density at radius 2 is 2.30 bits per heavy atom. The van der Waals surface area contributed by atoms with Crippen molar-refractivity contribution in [2.75, 3.05) is 17.6 Å². The molecule has 104 valence electrons. The maximum atomic E-state index is 9.30. The third kappa shape index (κ3) is 3.52. The third-order valence-electron chi connectivity index (χ3n) is 2.66. The fourth-order valence-electron chi connectivity index (χ4n) is 1.82. The summed E-state index contributed by atoms with van der Waals surface area (Å²) >= 11 is 1.67. The third-order valence-corrected chi connectivity index (χ3v) is 3.60. The lowest BCUT2D eigenvalue weighted by Gasteiger charge is -2.10. The molecule has 20 heavy (non-hydrogen) atoms. The van der Waals surface area contributed by atoms with Crippen LogP contribution in [0, 0.1) is 18.3 Å². The Bertz CT molecular complexity index is 618. The molecule has 0 atom stereocenters. The van der Waals surface area contributed by atoms with E-state index in [0.717, 1.165) is 16.3 Å². The number of rotatable bonds is 6. The van der Waals surface area contributed by atoms with Crippen LogP contribution < -0.4 is 5.32 Å². The Labute approximate surface area is 122 Å². The molecule has 0 aliphatic heterocycles. The van der Waals surface area contributed by atoms with E-state index in [-0.39, 0.29) is 0 Å². The highest BCUT2D eigenvalue weighted by Gasteiger charge is 2.08. The molecule has 0 aliphatic carbocycles. The maximum absolute atomic E-state index is 9.30. The lowest BCUT2D eigenvalue weighted by Crippen LogP contribution is -2.07. The van der Waals surface area contributed by atoms with Crippen LogP contribution in [0.2, 0.25) is 0 Å². The maximum Gasteiger partial charge on any atom is 0.228 e. The van der Waals surface area contributed by atoms with Crippen LogP contribution in [0.5, 0.6) is 0 Å². The lowest BCUT2D eigenvalue weighted by atomic mass is 10.2. The molecule has 0 bridgehead atoms. The standard InChI is InChI=1S/C14H16N4OS/c1-3-20-13-6-4-5-12(11(13)9-15)16-8-7-14-17-10(2)18-19-14/h4-6,16H,3,7-8H2,1-2H3. The summed E-state index contributed by atoms with van der Waals surface area (Å²) in [6.07, 6.45) is 0.636. The first-order valence-electron chi connectivity index (χ1n) is 6.43. The minimum absolute atomic E-state index is 0.604. The second kappa shape index (κ2) is 6.96. The van der Waals surface area contributed by atoms with Crippen molar-refractivity contribution < 1.29 is 4.52 Å². The molecule has 0 saturated carbocycles. The number of thioether (sulfide) groups is 1. The lowest BCUT2D eigenvalue weighted by molar-refractivity contribution is 0.377. The summed E-state index contributed by atoms with van der Waals surface area (Å²) < 4.78 is 5.05. The minimum atomic E-state index is 0.604. The molecule has 0 fully saturated rings. The van der Waals surface area contributed by atoms with Crippen molar-refractivity contribution in [1.29, 1.82) is 5.26 Å². The molecular weight excluding hydrogens is 272 g/mol. The number of hydrogen-bond acceptors (Lipinski definition) is 6. The van der Waals surface area contributed by atoms with Gasteiger partial charge in [-0.05, 0) is 24.8 Å². The van der Waals surface area contributed by atoms with E-state index in [1.165, 1.54) is 0 Å². The van der Waals surface area contributed by atoms with Gasteiger partial charge in [-0.2, -0.15) is 10.2 Å². The van der Waals surface area contributed by atoms with Crippen molar-refractivity contribution in [1.82, 2.24) is 10.1 Å². The van der Waals surface area contributed by atoms with Crippen molar-refractivity contribution in [3.8, 4) is 6.07 Å². The topological polar surface area (TPSA) is 74.7 Å². The Balaban J connectivity index is 2.02. The molecule has 6 heteroatoms. The van der Waals surface area contributed by atoms with E-state index in [1.54, 1.807) is 18.7 Å². The average molecular weight is 288 g/mol. The highest BCUT2D eigenvalue weighted by molar-refractivity contribution is 7.99. The van der Waals surface area contributed by atoms with Crippen LogP contribution in [-0.4, -0.2) is 22.4 Å². The van der Waals surface area contributed by atoms with Crippen LogP contribution in [0.15, 0.2) is 27.6 Å². The molecule has 0 aliphatic rings. The normalized spacial score (nSPS) is 10.2. The largest absolute Gasteiger partial charge is 0.383 e. The zero-order valence-electron chi connectivity index (χ0n) is 11.5. The van der Waals surface area contributed by atoms with Gasteiger partial charge in [-0.15, -0.1) is 11.8 Å². The van der Waals surface area contributed by atoms with Crippen molar-refractivity contribution >= 4 is 17.4 Å². The second-order valence-corrected chi connectivity index (χ2v) is 5.44. The van der Waals surface area contributed by atoms with Crippen LogP contribution in [0.25, 0.3) is 0 Å². The van der Waals surface area contributed by atoms with Gasteiger partial charge in [0.15, 0.2) is 5.82 Å². The minimum Gasteiger partial charge on any atom is -0.383 e. The van der Waals surface area contributed by atoms with Gasteiger partial charge in [-0.1, -0.05) is 18.1 Å². The molecule has 1 heterocycles. The van der Waals surface area contributed by atoms with E-state index >= 15 is 0 Å². The van der Waals surface area contributed by atoms with Crippen LogP contribution in [0.3, 0.4) is 0 Å². The molecule has 0 amide bonds. The molecule has 1 aromatic heterocycles. The average Bonchev–Trinajstić information content (AvgIpc) is 2.85. The number of benzene rings is 1. The van der Waals surface area contributed by atoms with Crippen molar-refractivity contribution in [3.05, 3.63) is 35.5 Å². The predicted molar refractivity (Wildman–Crippen MR) is 78.8 cm³/mol. The fraction of sp³-hybridized carbons (Fsp3) is 0.357. The van der Waals surface area contributed by atoms with Gasteiger partial charge in [-0.3, -0.25) is 0 Å². The van der Waals surface area contributed by atoms with Crippen molar-refractivity contribution in [2.24, 2.45) is 0 Å². The van der Waals surface area contributed by atoms with E-state index in [2.05, 4.69) is 28.5 Å². The van der Waals surface area contributed by atoms with Gasteiger partial charge in [0.2, 0.25) is 5.89 Å². The Kier molecular flexibility index (Phi) is 5.02. The summed E-state index contributed by atoms with van der Waals surface area (Å²) in [5.41, 5.74) is 1.54. The molecule has 0 radical (unpaired) electrons. The first-order chi connectivity index (χ1) is 9.74. The van der Waals surface area contributed by atoms with Crippen molar-refractivity contribution in [2.45, 2.75) is 25.2 Å². The quantitative estimate of drug-likeness (QED) is 0.824.